The van der Waals surface area contributed by atoms with E-state index in [0.29, 0.717) is 34.8 Å². The third kappa shape index (κ3) is 5.78. The van der Waals surface area contributed by atoms with Crippen molar-refractivity contribution >= 4 is 46.6 Å². The van der Waals surface area contributed by atoms with Crippen LogP contribution in [0.2, 0.25) is 10.0 Å². The number of carbonyl (C=O) groups excluding carboxylic acids is 1. The molecule has 0 aliphatic heterocycles. The number of carbonyl (C=O) groups is 1. The Balaban J connectivity index is 2.33. The fraction of sp³-hybridized carbons (Fsp3) is 0.364. The average Bonchev–Trinajstić information content (AvgIpc) is 2.33. The predicted molar refractivity (Wildman–Crippen MR) is 73.0 cm³/mol. The second kappa shape index (κ2) is 8.43. The van der Waals surface area contributed by atoms with Crippen LogP contribution in [-0.4, -0.2) is 31.8 Å². The molecule has 0 fully saturated rings. The number of ether oxygens (including phenoxy) is 2. The second-order valence-electron chi connectivity index (χ2n) is 3.19. The van der Waals surface area contributed by atoms with Crippen molar-refractivity contribution in [3.8, 4) is 0 Å². The molecule has 1 rings (SSSR count). The Morgan fingerprint density at radius 2 is 2.00 bits per heavy atom. The van der Waals surface area contributed by atoms with Gasteiger partial charge in [-0.2, -0.15) is 0 Å². The maximum absolute atomic E-state index is 11.4. The summed E-state index contributed by atoms with van der Waals surface area (Å²) in [4.78, 5) is 11.4. The standard InChI is InChI=1S/C11H12Cl3NO3/c12-3-4-17-5-6-18-11(16)15-10-7-8(13)1-2-9(10)14/h1-2,7H,3-6H2,(H,15,16). The molecule has 0 saturated heterocycles. The fourth-order valence-corrected chi connectivity index (χ4v) is 1.54. The molecule has 0 saturated carbocycles. The Kier molecular flexibility index (Phi) is 7.20. The summed E-state index contributed by atoms with van der Waals surface area (Å²) in [6.07, 6.45) is -0.617. The van der Waals surface area contributed by atoms with Gasteiger partial charge in [-0.25, -0.2) is 4.79 Å². The Labute approximate surface area is 120 Å². The molecule has 1 aromatic rings. The van der Waals surface area contributed by atoms with Crippen LogP contribution in [0.25, 0.3) is 0 Å². The minimum atomic E-state index is -0.617. The molecule has 0 bridgehead atoms. The van der Waals surface area contributed by atoms with Gasteiger partial charge in [-0.1, -0.05) is 23.2 Å². The van der Waals surface area contributed by atoms with Gasteiger partial charge in [0.05, 0.1) is 23.9 Å². The molecule has 0 heterocycles. The maximum atomic E-state index is 11.4. The summed E-state index contributed by atoms with van der Waals surface area (Å²) in [6.45, 7) is 0.858. The summed E-state index contributed by atoms with van der Waals surface area (Å²) in [5.41, 5.74) is 0.399. The minimum Gasteiger partial charge on any atom is -0.447 e. The van der Waals surface area contributed by atoms with E-state index in [1.54, 1.807) is 12.1 Å². The predicted octanol–water partition coefficient (Wildman–Crippen LogP) is 3.80. The number of rotatable bonds is 6. The largest absolute Gasteiger partial charge is 0.447 e. The molecular weight excluding hydrogens is 300 g/mol. The van der Waals surface area contributed by atoms with Crippen molar-refractivity contribution in [1.82, 2.24) is 0 Å². The van der Waals surface area contributed by atoms with E-state index < -0.39 is 6.09 Å². The van der Waals surface area contributed by atoms with Gasteiger partial charge in [0.25, 0.3) is 0 Å². The maximum Gasteiger partial charge on any atom is 0.411 e. The normalized spacial score (nSPS) is 10.2. The summed E-state index contributed by atoms with van der Waals surface area (Å²) in [7, 11) is 0. The van der Waals surface area contributed by atoms with Gasteiger partial charge in [0.2, 0.25) is 0 Å². The van der Waals surface area contributed by atoms with E-state index in [-0.39, 0.29) is 6.61 Å². The van der Waals surface area contributed by atoms with Crippen molar-refractivity contribution in [2.45, 2.75) is 0 Å². The highest BCUT2D eigenvalue weighted by molar-refractivity contribution is 6.35. The lowest BCUT2D eigenvalue weighted by molar-refractivity contribution is 0.0859. The SMILES string of the molecule is O=C(Nc1cc(Cl)ccc1Cl)OCCOCCCl. The molecule has 1 aromatic carbocycles. The van der Waals surface area contributed by atoms with E-state index >= 15 is 0 Å². The molecule has 1 N–H and O–H groups in total. The molecule has 0 aliphatic carbocycles. The zero-order valence-electron chi connectivity index (χ0n) is 9.42. The third-order valence-electron chi connectivity index (χ3n) is 1.85. The number of hydrogen-bond donors (Lipinski definition) is 1. The van der Waals surface area contributed by atoms with Gasteiger partial charge in [-0.05, 0) is 18.2 Å². The van der Waals surface area contributed by atoms with E-state index in [0.717, 1.165) is 0 Å². The number of alkyl halides is 1. The molecule has 0 unspecified atom stereocenters. The average molecular weight is 313 g/mol. The van der Waals surface area contributed by atoms with Crippen molar-refractivity contribution in [2.75, 3.05) is 31.0 Å². The Morgan fingerprint density at radius 3 is 2.72 bits per heavy atom. The third-order valence-corrected chi connectivity index (χ3v) is 2.57. The molecule has 0 radical (unpaired) electrons. The van der Waals surface area contributed by atoms with E-state index in [2.05, 4.69) is 5.32 Å². The van der Waals surface area contributed by atoms with Crippen molar-refractivity contribution in [2.24, 2.45) is 0 Å². The summed E-state index contributed by atoms with van der Waals surface area (Å²) < 4.78 is 9.91. The lowest BCUT2D eigenvalue weighted by Gasteiger charge is -2.08. The van der Waals surface area contributed by atoms with E-state index in [1.807, 2.05) is 0 Å². The quantitative estimate of drug-likeness (QED) is 0.642. The van der Waals surface area contributed by atoms with Crippen LogP contribution in [0.15, 0.2) is 18.2 Å². The van der Waals surface area contributed by atoms with Crippen molar-refractivity contribution in [1.29, 1.82) is 0 Å². The van der Waals surface area contributed by atoms with Gasteiger partial charge in [0.1, 0.15) is 6.61 Å². The molecule has 4 nitrogen and oxygen atoms in total. The van der Waals surface area contributed by atoms with E-state index in [1.165, 1.54) is 6.07 Å². The molecule has 100 valence electrons. The monoisotopic (exact) mass is 311 g/mol. The Morgan fingerprint density at radius 1 is 1.22 bits per heavy atom. The highest BCUT2D eigenvalue weighted by Gasteiger charge is 2.07. The first-order valence-corrected chi connectivity index (χ1v) is 6.45. The first-order valence-electron chi connectivity index (χ1n) is 5.16. The van der Waals surface area contributed by atoms with Gasteiger partial charge in [0, 0.05) is 10.9 Å². The highest BCUT2D eigenvalue weighted by Crippen LogP contribution is 2.25. The van der Waals surface area contributed by atoms with E-state index in [9.17, 15) is 4.79 Å². The molecule has 7 heteroatoms. The fourth-order valence-electron chi connectivity index (χ4n) is 1.09. The van der Waals surface area contributed by atoms with Gasteiger partial charge >= 0.3 is 6.09 Å². The number of anilines is 1. The van der Waals surface area contributed by atoms with Crippen LogP contribution in [-0.2, 0) is 9.47 Å². The number of benzene rings is 1. The van der Waals surface area contributed by atoms with Crippen LogP contribution in [0, 0.1) is 0 Å². The van der Waals surface area contributed by atoms with Crippen molar-refractivity contribution < 1.29 is 14.3 Å². The zero-order chi connectivity index (χ0) is 13.4. The van der Waals surface area contributed by atoms with Gasteiger partial charge in [-0.15, -0.1) is 11.6 Å². The lowest BCUT2D eigenvalue weighted by Crippen LogP contribution is -2.17. The van der Waals surface area contributed by atoms with Crippen molar-refractivity contribution in [3.63, 3.8) is 0 Å². The summed E-state index contributed by atoms with van der Waals surface area (Å²) in [6, 6.07) is 4.75. The smallest absolute Gasteiger partial charge is 0.411 e. The topological polar surface area (TPSA) is 47.6 Å². The first kappa shape index (κ1) is 15.4. The van der Waals surface area contributed by atoms with Crippen LogP contribution in [0.3, 0.4) is 0 Å². The van der Waals surface area contributed by atoms with Crippen LogP contribution in [0.4, 0.5) is 10.5 Å². The number of nitrogens with one attached hydrogen (secondary N) is 1. The van der Waals surface area contributed by atoms with Crippen LogP contribution in [0.1, 0.15) is 0 Å². The lowest BCUT2D eigenvalue weighted by atomic mass is 10.3. The Bertz CT molecular complexity index is 401. The van der Waals surface area contributed by atoms with Gasteiger partial charge < -0.3 is 9.47 Å². The van der Waals surface area contributed by atoms with Crippen LogP contribution in [0.5, 0.6) is 0 Å². The zero-order valence-corrected chi connectivity index (χ0v) is 11.7. The van der Waals surface area contributed by atoms with Crippen molar-refractivity contribution in [3.05, 3.63) is 28.2 Å². The summed E-state index contributed by atoms with van der Waals surface area (Å²) >= 11 is 17.1. The highest BCUT2D eigenvalue weighted by atomic mass is 35.5. The van der Waals surface area contributed by atoms with Crippen LogP contribution >= 0.6 is 34.8 Å². The van der Waals surface area contributed by atoms with Gasteiger partial charge in [0.15, 0.2) is 0 Å². The minimum absolute atomic E-state index is 0.140. The summed E-state index contributed by atoms with van der Waals surface area (Å²) in [5, 5.41) is 3.34. The summed E-state index contributed by atoms with van der Waals surface area (Å²) in [5.74, 6) is 0.407. The molecule has 18 heavy (non-hydrogen) atoms. The van der Waals surface area contributed by atoms with Crippen LogP contribution < -0.4 is 5.32 Å². The second-order valence-corrected chi connectivity index (χ2v) is 4.41. The molecule has 0 aromatic heterocycles. The molecule has 0 spiro atoms. The molecule has 1 amide bonds. The number of hydrogen-bond acceptors (Lipinski definition) is 3. The first-order chi connectivity index (χ1) is 8.63. The van der Waals surface area contributed by atoms with E-state index in [4.69, 9.17) is 44.3 Å². The number of amides is 1. The number of halogens is 3. The molecular formula is C11H12Cl3NO3. The molecule has 0 aliphatic rings. The van der Waals surface area contributed by atoms with Gasteiger partial charge in [-0.3, -0.25) is 5.32 Å². The Hall–Kier alpha value is -0.680. The molecule has 0 atom stereocenters.